The fraction of sp³-hybridized carbons (Fsp3) is 0.316. The zero-order valence-corrected chi connectivity index (χ0v) is 16.1. The number of ether oxygens (including phenoxy) is 1. The van der Waals surface area contributed by atoms with E-state index < -0.39 is 34.1 Å². The zero-order valence-electron chi connectivity index (χ0n) is 15.2. The van der Waals surface area contributed by atoms with Crippen LogP contribution < -0.4 is 4.72 Å². The molecule has 1 amide bonds. The Morgan fingerprint density at radius 1 is 1.18 bits per heavy atom. The molecule has 0 aliphatic carbocycles. The van der Waals surface area contributed by atoms with Crippen molar-refractivity contribution in [3.63, 3.8) is 0 Å². The van der Waals surface area contributed by atoms with Gasteiger partial charge in [-0.25, -0.2) is 9.11 Å². The first-order valence-electron chi connectivity index (χ1n) is 8.75. The summed E-state index contributed by atoms with van der Waals surface area (Å²) in [7, 11) is -3.10. The molecule has 0 radical (unpaired) electrons. The molecule has 1 fully saturated rings. The van der Waals surface area contributed by atoms with Gasteiger partial charge in [-0.1, -0.05) is 34.8 Å². The van der Waals surface area contributed by atoms with E-state index in [2.05, 4.69) is 0 Å². The van der Waals surface area contributed by atoms with Crippen LogP contribution in [0.25, 0.3) is 0 Å². The lowest BCUT2D eigenvalue weighted by Crippen LogP contribution is -2.51. The highest BCUT2D eigenvalue weighted by Gasteiger charge is 2.40. The first-order chi connectivity index (χ1) is 13.4. The molecule has 1 heterocycles. The van der Waals surface area contributed by atoms with Crippen LogP contribution >= 0.6 is 0 Å². The molecular weight excluding hydrogens is 387 g/mol. The number of carbonyl (C=O) groups excluding carboxylic acids is 1. The van der Waals surface area contributed by atoms with Crippen molar-refractivity contribution >= 4 is 16.1 Å². The predicted molar refractivity (Wildman–Crippen MR) is 99.8 cm³/mol. The van der Waals surface area contributed by atoms with Crippen LogP contribution in [-0.4, -0.2) is 38.6 Å². The third kappa shape index (κ3) is 4.56. The van der Waals surface area contributed by atoms with Crippen molar-refractivity contribution in [1.82, 2.24) is 9.19 Å². The summed E-state index contributed by atoms with van der Waals surface area (Å²) in [5.41, 5.74) is 0.829. The molecule has 9 heteroatoms. The Kier molecular flexibility index (Phi) is 6.40. The third-order valence-electron chi connectivity index (χ3n) is 4.43. The van der Waals surface area contributed by atoms with E-state index in [0.717, 1.165) is 4.47 Å². The number of halogens is 1. The number of nitrogens with one attached hydrogen (secondary N) is 1. The first-order valence-corrected chi connectivity index (χ1v) is 10.2. The van der Waals surface area contributed by atoms with Gasteiger partial charge in [-0.3, -0.25) is 9.63 Å². The normalized spacial score (nSPS) is 20.1. The number of amides is 1. The van der Waals surface area contributed by atoms with Crippen molar-refractivity contribution in [3.05, 3.63) is 71.5 Å². The fourth-order valence-corrected chi connectivity index (χ4v) is 4.39. The van der Waals surface area contributed by atoms with Gasteiger partial charge in [0.1, 0.15) is 11.9 Å². The molecule has 2 atom stereocenters. The van der Waals surface area contributed by atoms with E-state index in [4.69, 9.17) is 9.57 Å². The van der Waals surface area contributed by atoms with Gasteiger partial charge in [0, 0.05) is 12.2 Å². The van der Waals surface area contributed by atoms with Crippen molar-refractivity contribution in [2.75, 3.05) is 13.7 Å². The van der Waals surface area contributed by atoms with Crippen molar-refractivity contribution < 1.29 is 27.2 Å². The SMILES string of the molecule is CON(C1CCCOC1c1ccc(F)cc1)S(=O)(=O)NC(=O)c1ccccc1. The van der Waals surface area contributed by atoms with Crippen LogP contribution in [0.4, 0.5) is 4.39 Å². The summed E-state index contributed by atoms with van der Waals surface area (Å²) in [5, 5.41) is 0. The van der Waals surface area contributed by atoms with Gasteiger partial charge >= 0.3 is 10.2 Å². The Morgan fingerprint density at radius 2 is 1.86 bits per heavy atom. The van der Waals surface area contributed by atoms with E-state index >= 15 is 0 Å². The van der Waals surface area contributed by atoms with Gasteiger partial charge in [0.2, 0.25) is 0 Å². The van der Waals surface area contributed by atoms with E-state index in [1.165, 1.54) is 31.4 Å². The van der Waals surface area contributed by atoms with Crippen molar-refractivity contribution in [3.8, 4) is 0 Å². The summed E-state index contributed by atoms with van der Waals surface area (Å²) in [6.45, 7) is 0.437. The summed E-state index contributed by atoms with van der Waals surface area (Å²) in [4.78, 5) is 17.5. The topological polar surface area (TPSA) is 84.9 Å². The van der Waals surface area contributed by atoms with Crippen LogP contribution in [0.15, 0.2) is 54.6 Å². The second-order valence-electron chi connectivity index (χ2n) is 6.29. The lowest BCUT2D eigenvalue weighted by Gasteiger charge is -2.37. The van der Waals surface area contributed by atoms with Gasteiger partial charge in [-0.2, -0.15) is 8.42 Å². The van der Waals surface area contributed by atoms with Crippen LogP contribution in [0, 0.1) is 5.82 Å². The van der Waals surface area contributed by atoms with E-state index in [9.17, 15) is 17.6 Å². The number of hydrogen-bond acceptors (Lipinski definition) is 5. The number of benzene rings is 2. The lowest BCUT2D eigenvalue weighted by molar-refractivity contribution is -0.145. The molecule has 0 saturated carbocycles. The average molecular weight is 408 g/mol. The Morgan fingerprint density at radius 3 is 2.50 bits per heavy atom. The molecule has 1 saturated heterocycles. The molecule has 28 heavy (non-hydrogen) atoms. The highest BCUT2D eigenvalue weighted by molar-refractivity contribution is 7.87. The van der Waals surface area contributed by atoms with Gasteiger partial charge in [0.05, 0.1) is 13.2 Å². The second-order valence-corrected chi connectivity index (χ2v) is 7.81. The summed E-state index contributed by atoms with van der Waals surface area (Å²) >= 11 is 0. The smallest absolute Gasteiger partial charge is 0.326 e. The van der Waals surface area contributed by atoms with Gasteiger partial charge in [0.15, 0.2) is 0 Å². The molecule has 0 bridgehead atoms. The van der Waals surface area contributed by atoms with E-state index in [-0.39, 0.29) is 5.56 Å². The number of hydroxylamine groups is 1. The van der Waals surface area contributed by atoms with Crippen LogP contribution in [0.2, 0.25) is 0 Å². The van der Waals surface area contributed by atoms with Gasteiger partial charge in [-0.15, -0.1) is 0 Å². The zero-order chi connectivity index (χ0) is 20.1. The molecule has 2 unspecified atom stereocenters. The van der Waals surface area contributed by atoms with E-state index in [0.29, 0.717) is 25.0 Å². The standard InChI is InChI=1S/C19H21FN2O5S/c1-26-22(28(24,25)21-19(23)15-6-3-2-4-7-15)17-8-5-13-27-18(17)14-9-11-16(20)12-10-14/h2-4,6-7,9-12,17-18H,5,8,13H2,1H3,(H,21,23). The largest absolute Gasteiger partial charge is 0.372 e. The number of hydrogen-bond donors (Lipinski definition) is 1. The summed E-state index contributed by atoms with van der Waals surface area (Å²) in [6.07, 6.45) is 0.415. The minimum Gasteiger partial charge on any atom is -0.372 e. The first kappa shape index (κ1) is 20.4. The minimum atomic E-state index is -4.31. The Balaban J connectivity index is 1.84. The summed E-state index contributed by atoms with van der Waals surface area (Å²) < 4.78 is 47.4. The summed E-state index contributed by atoms with van der Waals surface area (Å²) in [5.74, 6) is -1.17. The Labute approximate surface area is 163 Å². The van der Waals surface area contributed by atoms with Crippen molar-refractivity contribution in [2.24, 2.45) is 0 Å². The Bertz CT molecular complexity index is 906. The lowest BCUT2D eigenvalue weighted by atomic mass is 9.96. The second kappa shape index (κ2) is 8.78. The third-order valence-corrected chi connectivity index (χ3v) is 5.77. The molecule has 1 aliphatic rings. The maximum Gasteiger partial charge on any atom is 0.326 e. The molecule has 2 aromatic rings. The molecule has 1 N–H and O–H groups in total. The van der Waals surface area contributed by atoms with Crippen LogP contribution in [-0.2, 0) is 19.8 Å². The number of rotatable bonds is 6. The molecule has 0 spiro atoms. The fourth-order valence-electron chi connectivity index (χ4n) is 3.17. The van der Waals surface area contributed by atoms with Crippen molar-refractivity contribution in [2.45, 2.75) is 25.0 Å². The highest BCUT2D eigenvalue weighted by Crippen LogP contribution is 2.33. The molecule has 2 aromatic carbocycles. The monoisotopic (exact) mass is 408 g/mol. The van der Waals surface area contributed by atoms with Crippen LogP contribution in [0.5, 0.6) is 0 Å². The number of nitrogens with zero attached hydrogens (tertiary/aromatic N) is 1. The highest BCUT2D eigenvalue weighted by atomic mass is 32.2. The Hall–Kier alpha value is -2.33. The molecule has 150 valence electrons. The number of carbonyl (C=O) groups is 1. The predicted octanol–water partition coefficient (Wildman–Crippen LogP) is 2.58. The maximum atomic E-state index is 13.3. The maximum absolute atomic E-state index is 13.3. The minimum absolute atomic E-state index is 0.206. The van der Waals surface area contributed by atoms with E-state index in [1.807, 2.05) is 4.72 Å². The van der Waals surface area contributed by atoms with E-state index in [1.54, 1.807) is 30.3 Å². The molecule has 0 aromatic heterocycles. The van der Waals surface area contributed by atoms with Crippen molar-refractivity contribution in [1.29, 1.82) is 0 Å². The average Bonchev–Trinajstić information content (AvgIpc) is 2.70. The van der Waals surface area contributed by atoms with Crippen LogP contribution in [0.3, 0.4) is 0 Å². The van der Waals surface area contributed by atoms with Gasteiger partial charge in [-0.05, 0) is 42.7 Å². The molecule has 1 aliphatic heterocycles. The molecular formula is C19H21FN2O5S. The van der Waals surface area contributed by atoms with Crippen LogP contribution in [0.1, 0.15) is 34.9 Å². The molecule has 3 rings (SSSR count). The summed E-state index contributed by atoms with van der Waals surface area (Å²) in [6, 6.07) is 12.9. The quantitative estimate of drug-likeness (QED) is 0.743. The molecule has 7 nitrogen and oxygen atoms in total. The van der Waals surface area contributed by atoms with Gasteiger partial charge < -0.3 is 4.74 Å². The van der Waals surface area contributed by atoms with Gasteiger partial charge in [0.25, 0.3) is 5.91 Å².